The van der Waals surface area contributed by atoms with Crippen LogP contribution in [0, 0.1) is 18.3 Å². The molecule has 5 nitrogen and oxygen atoms in total. The van der Waals surface area contributed by atoms with E-state index in [9.17, 15) is 10.1 Å². The summed E-state index contributed by atoms with van der Waals surface area (Å²) in [6.07, 6.45) is 0. The molecule has 1 unspecified atom stereocenters. The predicted molar refractivity (Wildman–Crippen MR) is 122 cm³/mol. The van der Waals surface area contributed by atoms with E-state index >= 15 is 0 Å². The molecule has 31 heavy (non-hydrogen) atoms. The van der Waals surface area contributed by atoms with Gasteiger partial charge in [-0.2, -0.15) is 5.26 Å². The summed E-state index contributed by atoms with van der Waals surface area (Å²) in [5, 5.41) is 12.4. The van der Waals surface area contributed by atoms with Crippen molar-refractivity contribution in [3.63, 3.8) is 0 Å². The number of nitrogens with one attached hydrogen (secondary N) is 1. The van der Waals surface area contributed by atoms with Gasteiger partial charge in [-0.3, -0.25) is 4.79 Å². The molecule has 0 bridgehead atoms. The van der Waals surface area contributed by atoms with Crippen molar-refractivity contribution in [2.75, 3.05) is 14.2 Å². The number of rotatable bonds is 7. The Kier molecular flexibility index (Phi) is 7.22. The minimum absolute atomic E-state index is 0.181. The first kappa shape index (κ1) is 22.3. The maximum atomic E-state index is 13.1. The topological polar surface area (TPSA) is 71.3 Å². The summed E-state index contributed by atoms with van der Waals surface area (Å²) in [6, 6.07) is 20.5. The second-order valence-electron chi connectivity index (χ2n) is 6.97. The summed E-state index contributed by atoms with van der Waals surface area (Å²) in [4.78, 5) is 14.7. The molecule has 0 fully saturated rings. The monoisotopic (exact) mass is 432 g/mol. The number of carbonyl (C=O) groups is 1. The minimum atomic E-state index is -0.239. The lowest BCUT2D eigenvalue weighted by molar-refractivity contribution is 0.0937. The van der Waals surface area contributed by atoms with Gasteiger partial charge in [-0.25, -0.2) is 0 Å². The normalized spacial score (nSPS) is 11.3. The van der Waals surface area contributed by atoms with E-state index in [4.69, 9.17) is 9.47 Å². The van der Waals surface area contributed by atoms with Crippen LogP contribution in [0.25, 0.3) is 0 Å². The van der Waals surface area contributed by atoms with Gasteiger partial charge in [0, 0.05) is 9.79 Å². The lowest BCUT2D eigenvalue weighted by atomic mass is 10.0. The van der Waals surface area contributed by atoms with Crippen molar-refractivity contribution in [3.8, 4) is 17.6 Å². The van der Waals surface area contributed by atoms with Gasteiger partial charge in [0.2, 0.25) is 0 Å². The first-order valence-electron chi connectivity index (χ1n) is 9.77. The second-order valence-corrected chi connectivity index (χ2v) is 8.05. The molecule has 0 heterocycles. The molecule has 0 aliphatic heterocycles. The van der Waals surface area contributed by atoms with Crippen molar-refractivity contribution >= 4 is 17.7 Å². The third kappa shape index (κ3) is 5.01. The average Bonchev–Trinajstić information content (AvgIpc) is 2.79. The minimum Gasteiger partial charge on any atom is -0.493 e. The van der Waals surface area contributed by atoms with Gasteiger partial charge < -0.3 is 14.8 Å². The van der Waals surface area contributed by atoms with Crippen LogP contribution in [-0.4, -0.2) is 20.1 Å². The first-order chi connectivity index (χ1) is 15.0. The maximum absolute atomic E-state index is 13.1. The average molecular weight is 433 g/mol. The Bertz CT molecular complexity index is 1140. The molecular weight excluding hydrogens is 408 g/mol. The molecule has 0 saturated carbocycles. The number of nitrogens with zero attached hydrogens (tertiary/aromatic N) is 1. The third-order valence-electron chi connectivity index (χ3n) is 4.95. The molecule has 0 aliphatic rings. The van der Waals surface area contributed by atoms with E-state index in [2.05, 4.69) is 11.4 Å². The summed E-state index contributed by atoms with van der Waals surface area (Å²) in [5.41, 5.74) is 3.09. The number of carbonyl (C=O) groups excluding carboxylic acids is 1. The molecule has 0 radical (unpaired) electrons. The van der Waals surface area contributed by atoms with Crippen LogP contribution < -0.4 is 14.8 Å². The Labute approximate surface area is 187 Å². The van der Waals surface area contributed by atoms with Crippen LogP contribution in [0.5, 0.6) is 11.5 Å². The van der Waals surface area contributed by atoms with E-state index in [0.717, 1.165) is 20.9 Å². The van der Waals surface area contributed by atoms with Crippen LogP contribution >= 0.6 is 11.8 Å². The van der Waals surface area contributed by atoms with Crippen LogP contribution in [0.3, 0.4) is 0 Å². The summed E-state index contributed by atoms with van der Waals surface area (Å²) >= 11 is 1.41. The zero-order valence-electron chi connectivity index (χ0n) is 17.9. The first-order valence-corrected chi connectivity index (χ1v) is 10.6. The number of benzene rings is 3. The lowest BCUT2D eigenvalue weighted by Gasteiger charge is -2.20. The van der Waals surface area contributed by atoms with Gasteiger partial charge in [0.15, 0.2) is 11.5 Å². The van der Waals surface area contributed by atoms with E-state index < -0.39 is 0 Å². The number of aryl methyl sites for hydroxylation is 1. The number of hydrogen-bond donors (Lipinski definition) is 1. The molecule has 0 aliphatic carbocycles. The van der Waals surface area contributed by atoms with E-state index in [-0.39, 0.29) is 11.9 Å². The molecule has 0 aromatic heterocycles. The maximum Gasteiger partial charge on any atom is 0.252 e. The fourth-order valence-corrected chi connectivity index (χ4v) is 4.35. The Morgan fingerprint density at radius 2 is 1.61 bits per heavy atom. The van der Waals surface area contributed by atoms with Crippen molar-refractivity contribution < 1.29 is 14.3 Å². The number of nitriles is 1. The Morgan fingerprint density at radius 3 is 2.29 bits per heavy atom. The van der Waals surface area contributed by atoms with Gasteiger partial charge in [0.1, 0.15) is 6.07 Å². The van der Waals surface area contributed by atoms with Crippen molar-refractivity contribution in [2.45, 2.75) is 29.7 Å². The van der Waals surface area contributed by atoms with Gasteiger partial charge in [-0.1, -0.05) is 36.0 Å². The molecule has 6 heteroatoms. The lowest BCUT2D eigenvalue weighted by Crippen LogP contribution is -2.27. The molecule has 1 N–H and O–H groups in total. The number of methoxy groups -OCH3 is 2. The third-order valence-corrected chi connectivity index (χ3v) is 6.10. The van der Waals surface area contributed by atoms with E-state index in [1.54, 1.807) is 26.4 Å². The van der Waals surface area contributed by atoms with Gasteiger partial charge >= 0.3 is 0 Å². The summed E-state index contributed by atoms with van der Waals surface area (Å²) < 4.78 is 10.8. The largest absolute Gasteiger partial charge is 0.493 e. The summed E-state index contributed by atoms with van der Waals surface area (Å²) in [6.45, 7) is 3.91. The van der Waals surface area contributed by atoms with Crippen molar-refractivity contribution in [1.29, 1.82) is 5.26 Å². The predicted octanol–water partition coefficient (Wildman–Crippen LogP) is 5.53. The van der Waals surface area contributed by atoms with Gasteiger partial charge in [0.25, 0.3) is 5.91 Å². The number of ether oxygens (including phenoxy) is 2. The van der Waals surface area contributed by atoms with Crippen LogP contribution in [0.2, 0.25) is 0 Å². The summed E-state index contributed by atoms with van der Waals surface area (Å²) in [5.74, 6) is 1.09. The van der Waals surface area contributed by atoms with Crippen molar-refractivity contribution in [2.24, 2.45) is 0 Å². The molecule has 0 spiro atoms. The van der Waals surface area contributed by atoms with E-state index in [1.807, 2.05) is 62.4 Å². The van der Waals surface area contributed by atoms with Crippen LogP contribution in [0.4, 0.5) is 0 Å². The van der Waals surface area contributed by atoms with Crippen LogP contribution in [0.1, 0.15) is 40.0 Å². The Hall–Kier alpha value is -3.43. The van der Waals surface area contributed by atoms with Crippen LogP contribution in [0.15, 0.2) is 70.5 Å². The zero-order chi connectivity index (χ0) is 22.4. The second kappa shape index (κ2) is 10.1. The molecule has 1 amide bonds. The van der Waals surface area contributed by atoms with Crippen molar-refractivity contribution in [3.05, 3.63) is 82.9 Å². The molecule has 3 aromatic carbocycles. The summed E-state index contributed by atoms with van der Waals surface area (Å²) in [7, 11) is 3.19. The van der Waals surface area contributed by atoms with Crippen molar-refractivity contribution in [1.82, 2.24) is 5.32 Å². The van der Waals surface area contributed by atoms with Gasteiger partial charge in [-0.15, -0.1) is 0 Å². The quantitative estimate of drug-likeness (QED) is 0.532. The SMILES string of the molecule is COc1cc(C)c(C(C)NC(=O)c2ccccc2Sc2ccccc2C#N)cc1OC. The van der Waals surface area contributed by atoms with Crippen LogP contribution in [-0.2, 0) is 0 Å². The highest BCUT2D eigenvalue weighted by Crippen LogP contribution is 2.34. The molecule has 3 rings (SSSR count). The fourth-order valence-electron chi connectivity index (χ4n) is 3.32. The smallest absolute Gasteiger partial charge is 0.252 e. The molecular formula is C25H24N2O3S. The number of amides is 1. The standard InChI is InChI=1S/C25H24N2O3S/c1-16-13-21(29-3)22(30-4)14-20(16)17(2)27-25(28)19-10-6-8-12-24(19)31-23-11-7-5-9-18(23)15-26/h5-14,17H,1-4H3,(H,27,28). The molecule has 3 aromatic rings. The molecule has 0 saturated heterocycles. The highest BCUT2D eigenvalue weighted by Gasteiger charge is 2.19. The molecule has 1 atom stereocenters. The van der Waals surface area contributed by atoms with E-state index in [1.165, 1.54) is 11.8 Å². The highest BCUT2D eigenvalue weighted by atomic mass is 32.2. The highest BCUT2D eigenvalue weighted by molar-refractivity contribution is 7.99. The van der Waals surface area contributed by atoms with E-state index in [0.29, 0.717) is 22.6 Å². The Balaban J connectivity index is 1.86. The molecule has 158 valence electrons. The zero-order valence-corrected chi connectivity index (χ0v) is 18.7. The van der Waals surface area contributed by atoms with Gasteiger partial charge in [-0.05, 0) is 61.4 Å². The number of hydrogen-bond acceptors (Lipinski definition) is 5. The van der Waals surface area contributed by atoms with Gasteiger partial charge in [0.05, 0.1) is 31.4 Å². The Morgan fingerprint density at radius 1 is 1.00 bits per heavy atom. The fraction of sp³-hybridized carbons (Fsp3) is 0.200.